The number of benzene rings is 1. The number of carbonyl (C=O) groups excluding carboxylic acids is 1. The van der Waals surface area contributed by atoms with Crippen LogP contribution in [-0.4, -0.2) is 30.3 Å². The fourth-order valence-corrected chi connectivity index (χ4v) is 2.77. The minimum Gasteiger partial charge on any atom is -0.445 e. The number of para-hydroxylation sites is 1. The molecule has 0 radical (unpaired) electrons. The van der Waals surface area contributed by atoms with Gasteiger partial charge >= 0.3 is 5.97 Å². The normalized spacial score (nSPS) is 19.0. The lowest BCUT2D eigenvalue weighted by Crippen LogP contribution is -2.42. The van der Waals surface area contributed by atoms with Crippen LogP contribution in [0, 0.1) is 0 Å². The van der Waals surface area contributed by atoms with Gasteiger partial charge < -0.3 is 9.75 Å². The van der Waals surface area contributed by atoms with E-state index in [1.54, 1.807) is 0 Å². The summed E-state index contributed by atoms with van der Waals surface area (Å²) in [6.07, 6.45) is 4.42. The standard InChI is InChI=1S/C17H26N2O2/c1-3-5-7-12-17(20)21-16-13-14-19(18(16)4-2)15-10-8-6-9-11-15/h6,8-11,16H,3-5,7,12-14H2,1-2H3. The first-order valence-electron chi connectivity index (χ1n) is 8.04. The second kappa shape index (κ2) is 8.03. The largest absolute Gasteiger partial charge is 0.445 e. The Morgan fingerprint density at radius 3 is 2.67 bits per heavy atom. The van der Waals surface area contributed by atoms with Crippen molar-refractivity contribution in [1.29, 1.82) is 0 Å². The van der Waals surface area contributed by atoms with Gasteiger partial charge in [-0.2, -0.15) is 5.01 Å². The molecule has 0 aliphatic carbocycles. The van der Waals surface area contributed by atoms with Gasteiger partial charge in [0.25, 0.3) is 0 Å². The van der Waals surface area contributed by atoms with Gasteiger partial charge in [-0.15, -0.1) is 0 Å². The average Bonchev–Trinajstić information content (AvgIpc) is 2.91. The molecule has 1 atom stereocenters. The molecule has 116 valence electrons. The smallest absolute Gasteiger partial charge is 0.307 e. The van der Waals surface area contributed by atoms with Crippen molar-refractivity contribution in [2.24, 2.45) is 0 Å². The van der Waals surface area contributed by atoms with Crippen molar-refractivity contribution in [3.8, 4) is 0 Å². The molecule has 1 aliphatic heterocycles. The molecular formula is C17H26N2O2. The lowest BCUT2D eigenvalue weighted by molar-refractivity contribution is -0.156. The van der Waals surface area contributed by atoms with Crippen LogP contribution in [0.3, 0.4) is 0 Å². The molecular weight excluding hydrogens is 264 g/mol. The highest BCUT2D eigenvalue weighted by atomic mass is 16.6. The number of esters is 1. The minimum atomic E-state index is -0.121. The number of rotatable bonds is 7. The van der Waals surface area contributed by atoms with Crippen LogP contribution in [0.25, 0.3) is 0 Å². The van der Waals surface area contributed by atoms with E-state index in [-0.39, 0.29) is 12.2 Å². The maximum atomic E-state index is 11.9. The molecule has 1 aliphatic rings. The Morgan fingerprint density at radius 1 is 1.24 bits per heavy atom. The SMILES string of the molecule is CCCCCC(=O)OC1CCN(c2ccccc2)N1CC. The van der Waals surface area contributed by atoms with Crippen molar-refractivity contribution >= 4 is 11.7 Å². The van der Waals surface area contributed by atoms with Gasteiger partial charge in [-0.05, 0) is 18.6 Å². The zero-order valence-electron chi connectivity index (χ0n) is 13.1. The van der Waals surface area contributed by atoms with Crippen molar-refractivity contribution in [3.63, 3.8) is 0 Å². The summed E-state index contributed by atoms with van der Waals surface area (Å²) in [5.41, 5.74) is 1.16. The van der Waals surface area contributed by atoms with Gasteiger partial charge in [-0.1, -0.05) is 44.9 Å². The molecule has 4 heteroatoms. The molecule has 0 amide bonds. The summed E-state index contributed by atoms with van der Waals surface area (Å²) in [5, 5.41) is 4.36. The maximum absolute atomic E-state index is 11.9. The van der Waals surface area contributed by atoms with Gasteiger partial charge in [0.05, 0.1) is 5.69 Å². The van der Waals surface area contributed by atoms with Crippen molar-refractivity contribution in [3.05, 3.63) is 30.3 Å². The molecule has 0 saturated carbocycles. The number of ether oxygens (including phenoxy) is 1. The molecule has 0 N–H and O–H groups in total. The number of hydrogen-bond donors (Lipinski definition) is 0. The van der Waals surface area contributed by atoms with Crippen molar-refractivity contribution < 1.29 is 9.53 Å². The molecule has 1 fully saturated rings. The second-order valence-corrected chi connectivity index (χ2v) is 5.40. The number of anilines is 1. The van der Waals surface area contributed by atoms with E-state index >= 15 is 0 Å². The first-order chi connectivity index (χ1) is 10.3. The third-order valence-corrected chi connectivity index (χ3v) is 3.86. The first kappa shape index (κ1) is 15.8. The van der Waals surface area contributed by atoms with Crippen LogP contribution in [0.5, 0.6) is 0 Å². The fourth-order valence-electron chi connectivity index (χ4n) is 2.77. The molecule has 0 spiro atoms. The molecule has 4 nitrogen and oxygen atoms in total. The van der Waals surface area contributed by atoms with E-state index in [0.717, 1.165) is 44.5 Å². The zero-order valence-corrected chi connectivity index (χ0v) is 13.1. The average molecular weight is 290 g/mol. The van der Waals surface area contributed by atoms with E-state index in [4.69, 9.17) is 4.74 Å². The van der Waals surface area contributed by atoms with E-state index in [1.165, 1.54) is 0 Å². The molecule has 0 aromatic heterocycles. The summed E-state index contributed by atoms with van der Waals surface area (Å²) in [6.45, 7) is 5.96. The van der Waals surface area contributed by atoms with Gasteiger partial charge in [0.2, 0.25) is 0 Å². The Labute approximate surface area is 127 Å². The van der Waals surface area contributed by atoms with Crippen molar-refractivity contribution in [2.45, 2.75) is 52.2 Å². The van der Waals surface area contributed by atoms with Crippen LogP contribution in [0.4, 0.5) is 5.69 Å². The Bertz CT molecular complexity index is 436. The first-order valence-corrected chi connectivity index (χ1v) is 8.04. The predicted molar refractivity (Wildman–Crippen MR) is 84.8 cm³/mol. The van der Waals surface area contributed by atoms with Gasteiger partial charge in [0.15, 0.2) is 6.23 Å². The maximum Gasteiger partial charge on any atom is 0.307 e. The predicted octanol–water partition coefficient (Wildman–Crippen LogP) is 3.58. The number of carbonyl (C=O) groups is 1. The van der Waals surface area contributed by atoms with Crippen LogP contribution in [0.15, 0.2) is 30.3 Å². The summed E-state index contributed by atoms with van der Waals surface area (Å²) in [4.78, 5) is 11.9. The summed E-state index contributed by atoms with van der Waals surface area (Å²) in [5.74, 6) is -0.0678. The summed E-state index contributed by atoms with van der Waals surface area (Å²) < 4.78 is 5.66. The third kappa shape index (κ3) is 4.21. The van der Waals surface area contributed by atoms with E-state index in [0.29, 0.717) is 6.42 Å². The number of hydrazine groups is 1. The van der Waals surface area contributed by atoms with Gasteiger partial charge in [0, 0.05) is 25.9 Å². The Kier molecular flexibility index (Phi) is 6.05. The molecule has 0 bridgehead atoms. The van der Waals surface area contributed by atoms with E-state index < -0.39 is 0 Å². The Balaban J connectivity index is 1.91. The zero-order chi connectivity index (χ0) is 15.1. The summed E-state index contributed by atoms with van der Waals surface area (Å²) in [6, 6.07) is 10.3. The topological polar surface area (TPSA) is 32.8 Å². The molecule has 1 saturated heterocycles. The summed E-state index contributed by atoms with van der Waals surface area (Å²) in [7, 11) is 0. The van der Waals surface area contributed by atoms with E-state index in [2.05, 4.69) is 36.0 Å². The van der Waals surface area contributed by atoms with Crippen molar-refractivity contribution in [1.82, 2.24) is 5.01 Å². The van der Waals surface area contributed by atoms with Gasteiger partial charge in [-0.3, -0.25) is 4.79 Å². The number of unbranched alkanes of at least 4 members (excludes halogenated alkanes) is 2. The highest BCUT2D eigenvalue weighted by Crippen LogP contribution is 2.26. The van der Waals surface area contributed by atoms with Crippen LogP contribution in [0.1, 0.15) is 46.0 Å². The summed E-state index contributed by atoms with van der Waals surface area (Å²) >= 11 is 0. The van der Waals surface area contributed by atoms with Crippen LogP contribution in [0.2, 0.25) is 0 Å². The van der Waals surface area contributed by atoms with Gasteiger partial charge in [0.1, 0.15) is 0 Å². The monoisotopic (exact) mass is 290 g/mol. The van der Waals surface area contributed by atoms with Crippen LogP contribution < -0.4 is 5.01 Å². The molecule has 1 aromatic rings. The van der Waals surface area contributed by atoms with Crippen molar-refractivity contribution in [2.75, 3.05) is 18.1 Å². The molecule has 1 heterocycles. The minimum absolute atomic E-state index is 0.0678. The fraction of sp³-hybridized carbons (Fsp3) is 0.588. The Hall–Kier alpha value is -1.55. The number of hydrogen-bond acceptors (Lipinski definition) is 4. The Morgan fingerprint density at radius 2 is 2.00 bits per heavy atom. The number of nitrogens with zero attached hydrogens (tertiary/aromatic N) is 2. The lowest BCUT2D eigenvalue weighted by Gasteiger charge is -2.32. The quantitative estimate of drug-likeness (QED) is 0.567. The highest BCUT2D eigenvalue weighted by molar-refractivity contribution is 5.69. The van der Waals surface area contributed by atoms with Gasteiger partial charge in [-0.25, -0.2) is 0 Å². The molecule has 1 unspecified atom stereocenters. The molecule has 1 aromatic carbocycles. The van der Waals surface area contributed by atoms with Crippen LogP contribution >= 0.6 is 0 Å². The second-order valence-electron chi connectivity index (χ2n) is 5.40. The highest BCUT2D eigenvalue weighted by Gasteiger charge is 2.33. The van der Waals surface area contributed by atoms with E-state index in [9.17, 15) is 4.79 Å². The molecule has 21 heavy (non-hydrogen) atoms. The van der Waals surface area contributed by atoms with E-state index in [1.807, 2.05) is 18.2 Å². The van der Waals surface area contributed by atoms with Crippen LogP contribution in [-0.2, 0) is 9.53 Å². The third-order valence-electron chi connectivity index (χ3n) is 3.86. The molecule has 2 rings (SSSR count). The lowest BCUT2D eigenvalue weighted by atomic mass is 10.2.